The molecule has 0 unspecified atom stereocenters. The number of carbonyl (C=O) groups is 1. The molecule has 0 saturated carbocycles. The average Bonchev–Trinajstić information content (AvgIpc) is 3.15. The smallest absolute Gasteiger partial charge is 0.268 e. The van der Waals surface area contributed by atoms with Gasteiger partial charge in [-0.15, -0.1) is 0 Å². The van der Waals surface area contributed by atoms with Crippen molar-refractivity contribution in [3.05, 3.63) is 72.1 Å². The van der Waals surface area contributed by atoms with E-state index in [0.29, 0.717) is 12.2 Å². The molecule has 0 spiro atoms. The number of furan rings is 1. The van der Waals surface area contributed by atoms with E-state index in [1.807, 2.05) is 60.7 Å². The van der Waals surface area contributed by atoms with Crippen molar-refractivity contribution in [3.63, 3.8) is 0 Å². The van der Waals surface area contributed by atoms with Gasteiger partial charge in [0.25, 0.3) is 5.91 Å². The molecule has 4 nitrogen and oxygen atoms in total. The Morgan fingerprint density at radius 1 is 1.00 bits per heavy atom. The second kappa shape index (κ2) is 5.07. The van der Waals surface area contributed by atoms with Gasteiger partial charge in [-0.25, -0.2) is 0 Å². The first-order valence-corrected chi connectivity index (χ1v) is 7.13. The van der Waals surface area contributed by atoms with Crippen molar-refractivity contribution >= 4 is 27.8 Å². The number of carbonyl (C=O) groups excluding carboxylic acids is 1. The van der Waals surface area contributed by atoms with Crippen molar-refractivity contribution in [2.75, 3.05) is 0 Å². The van der Waals surface area contributed by atoms with Crippen LogP contribution in [0.2, 0.25) is 0 Å². The van der Waals surface area contributed by atoms with Gasteiger partial charge in [-0.2, -0.15) is 0 Å². The summed E-state index contributed by atoms with van der Waals surface area (Å²) in [6.07, 6.45) is 0. The zero-order valence-corrected chi connectivity index (χ0v) is 11.8. The van der Waals surface area contributed by atoms with Crippen molar-refractivity contribution in [3.8, 4) is 0 Å². The molecular formula is C18H14N2O2. The van der Waals surface area contributed by atoms with Crippen molar-refractivity contribution in [2.24, 2.45) is 0 Å². The highest BCUT2D eigenvalue weighted by Crippen LogP contribution is 2.19. The molecule has 0 aliphatic rings. The lowest BCUT2D eigenvalue weighted by atomic mass is 10.2. The molecule has 2 heterocycles. The number of aromatic amines is 1. The van der Waals surface area contributed by atoms with Crippen LogP contribution < -0.4 is 5.32 Å². The maximum absolute atomic E-state index is 12.2. The third-order valence-electron chi connectivity index (χ3n) is 3.67. The summed E-state index contributed by atoms with van der Waals surface area (Å²) >= 11 is 0. The number of nitrogens with one attached hydrogen (secondary N) is 2. The lowest BCUT2D eigenvalue weighted by Crippen LogP contribution is -2.22. The summed E-state index contributed by atoms with van der Waals surface area (Å²) in [5, 5.41) is 4.94. The molecule has 2 aromatic carbocycles. The van der Waals surface area contributed by atoms with E-state index in [4.69, 9.17) is 4.42 Å². The summed E-state index contributed by atoms with van der Waals surface area (Å²) in [5.41, 5.74) is 2.34. The average molecular weight is 290 g/mol. The van der Waals surface area contributed by atoms with E-state index < -0.39 is 0 Å². The first-order chi connectivity index (χ1) is 10.8. The number of rotatable bonds is 3. The van der Waals surface area contributed by atoms with Crippen LogP contribution >= 0.6 is 0 Å². The van der Waals surface area contributed by atoms with Gasteiger partial charge < -0.3 is 14.7 Å². The first-order valence-electron chi connectivity index (χ1n) is 7.13. The summed E-state index contributed by atoms with van der Waals surface area (Å²) in [7, 11) is 0. The summed E-state index contributed by atoms with van der Waals surface area (Å²) in [4.78, 5) is 15.3. The topological polar surface area (TPSA) is 58.0 Å². The van der Waals surface area contributed by atoms with Gasteiger partial charge in [-0.3, -0.25) is 4.79 Å². The van der Waals surface area contributed by atoms with Crippen LogP contribution in [0.1, 0.15) is 16.2 Å². The van der Waals surface area contributed by atoms with Gasteiger partial charge in [0.1, 0.15) is 17.0 Å². The van der Waals surface area contributed by atoms with E-state index in [1.54, 1.807) is 0 Å². The second-order valence-corrected chi connectivity index (χ2v) is 5.20. The van der Waals surface area contributed by atoms with Gasteiger partial charge in [-0.1, -0.05) is 36.4 Å². The van der Waals surface area contributed by atoms with Crippen LogP contribution in [0.25, 0.3) is 21.9 Å². The zero-order chi connectivity index (χ0) is 14.9. The molecule has 0 bridgehead atoms. The molecule has 108 valence electrons. The molecule has 0 aliphatic carbocycles. The van der Waals surface area contributed by atoms with E-state index in [1.165, 1.54) is 0 Å². The van der Waals surface area contributed by atoms with E-state index in [-0.39, 0.29) is 5.91 Å². The lowest BCUT2D eigenvalue weighted by molar-refractivity contribution is 0.0944. The van der Waals surface area contributed by atoms with E-state index >= 15 is 0 Å². The number of aromatic nitrogens is 1. The molecule has 0 atom stereocenters. The molecule has 2 aromatic heterocycles. The largest absolute Gasteiger partial charge is 0.459 e. The number of benzene rings is 2. The minimum Gasteiger partial charge on any atom is -0.459 e. The van der Waals surface area contributed by atoms with Gasteiger partial charge >= 0.3 is 0 Å². The molecule has 1 amide bonds. The van der Waals surface area contributed by atoms with Gasteiger partial charge in [0.2, 0.25) is 0 Å². The van der Waals surface area contributed by atoms with Crippen molar-refractivity contribution in [2.45, 2.75) is 6.54 Å². The maximum Gasteiger partial charge on any atom is 0.268 e. The van der Waals surface area contributed by atoms with E-state index in [9.17, 15) is 4.79 Å². The fraction of sp³-hybridized carbons (Fsp3) is 0.0556. The number of H-pyrrole nitrogens is 1. The molecule has 22 heavy (non-hydrogen) atoms. The summed E-state index contributed by atoms with van der Waals surface area (Å²) in [6.45, 7) is 0.364. The number of fused-ring (bicyclic) bond motifs is 2. The van der Waals surface area contributed by atoms with Crippen LogP contribution in [0, 0.1) is 0 Å². The minimum absolute atomic E-state index is 0.142. The van der Waals surface area contributed by atoms with Crippen molar-refractivity contribution in [1.82, 2.24) is 10.3 Å². The fourth-order valence-electron chi connectivity index (χ4n) is 2.58. The molecule has 0 radical (unpaired) electrons. The molecule has 4 heteroatoms. The Morgan fingerprint density at radius 2 is 1.77 bits per heavy atom. The highest BCUT2D eigenvalue weighted by molar-refractivity contribution is 5.97. The molecule has 0 aliphatic heterocycles. The fourth-order valence-corrected chi connectivity index (χ4v) is 2.58. The number of amides is 1. The van der Waals surface area contributed by atoms with Crippen molar-refractivity contribution in [1.29, 1.82) is 0 Å². The SMILES string of the molecule is O=C(NCc1cc2ccccc2o1)c1cc2ccccc2[nH]1. The van der Waals surface area contributed by atoms with Crippen LogP contribution in [0.3, 0.4) is 0 Å². The van der Waals surface area contributed by atoms with Crippen LogP contribution in [0.15, 0.2) is 65.1 Å². The zero-order valence-electron chi connectivity index (χ0n) is 11.8. The van der Waals surface area contributed by atoms with Crippen LogP contribution in [-0.4, -0.2) is 10.9 Å². The molecule has 4 aromatic rings. The molecule has 0 saturated heterocycles. The predicted octanol–water partition coefficient (Wildman–Crippen LogP) is 3.84. The number of para-hydroxylation sites is 2. The Kier molecular flexibility index (Phi) is 2.93. The Morgan fingerprint density at radius 3 is 2.59 bits per heavy atom. The highest BCUT2D eigenvalue weighted by atomic mass is 16.3. The quantitative estimate of drug-likeness (QED) is 0.602. The monoisotopic (exact) mass is 290 g/mol. The summed E-state index contributed by atoms with van der Waals surface area (Å²) < 4.78 is 5.69. The number of hydrogen-bond acceptors (Lipinski definition) is 2. The van der Waals surface area contributed by atoms with Crippen LogP contribution in [0.4, 0.5) is 0 Å². The van der Waals surface area contributed by atoms with Crippen LogP contribution in [0.5, 0.6) is 0 Å². The lowest BCUT2D eigenvalue weighted by Gasteiger charge is -2.00. The maximum atomic E-state index is 12.2. The van der Waals surface area contributed by atoms with Gasteiger partial charge in [-0.05, 0) is 24.3 Å². The molecule has 4 rings (SSSR count). The number of hydrogen-bond donors (Lipinski definition) is 2. The molecule has 2 N–H and O–H groups in total. The third-order valence-corrected chi connectivity index (χ3v) is 3.67. The van der Waals surface area contributed by atoms with E-state index in [0.717, 1.165) is 27.6 Å². The predicted molar refractivity (Wildman–Crippen MR) is 85.7 cm³/mol. The van der Waals surface area contributed by atoms with Gasteiger partial charge in [0.05, 0.1) is 6.54 Å². The summed E-state index contributed by atoms with van der Waals surface area (Å²) in [5.74, 6) is 0.599. The first kappa shape index (κ1) is 12.7. The van der Waals surface area contributed by atoms with Gasteiger partial charge in [0, 0.05) is 16.3 Å². The van der Waals surface area contributed by atoms with E-state index in [2.05, 4.69) is 10.3 Å². The molecular weight excluding hydrogens is 276 g/mol. The normalized spacial score (nSPS) is 11.1. The highest BCUT2D eigenvalue weighted by Gasteiger charge is 2.10. The summed E-state index contributed by atoms with van der Waals surface area (Å²) in [6, 6.07) is 19.4. The Bertz CT molecular complexity index is 899. The Labute approximate surface area is 126 Å². The van der Waals surface area contributed by atoms with Crippen LogP contribution in [-0.2, 0) is 6.54 Å². The van der Waals surface area contributed by atoms with Gasteiger partial charge in [0.15, 0.2) is 0 Å². The standard InChI is InChI=1S/C18H14N2O2/c21-18(16-10-12-5-1-3-7-15(12)20-16)19-11-14-9-13-6-2-4-8-17(13)22-14/h1-10,20H,11H2,(H,19,21). The molecule has 0 fully saturated rings. The Hall–Kier alpha value is -3.01. The second-order valence-electron chi connectivity index (χ2n) is 5.20. The Balaban J connectivity index is 1.51. The van der Waals surface area contributed by atoms with Crippen molar-refractivity contribution < 1.29 is 9.21 Å². The minimum atomic E-state index is -0.142. The third kappa shape index (κ3) is 2.24.